The van der Waals surface area contributed by atoms with E-state index in [-0.39, 0.29) is 12.6 Å². The van der Waals surface area contributed by atoms with Crippen LogP contribution in [0.5, 0.6) is 17.4 Å². The third-order valence-corrected chi connectivity index (χ3v) is 6.09. The predicted molar refractivity (Wildman–Crippen MR) is 143 cm³/mol. The number of nitrogens with zero attached hydrogens (tertiary/aromatic N) is 3. The summed E-state index contributed by atoms with van der Waals surface area (Å²) in [5, 5.41) is 15.7. The molecule has 0 radical (unpaired) electrons. The number of aliphatic hydroxyl groups excluding tert-OH is 1. The highest BCUT2D eigenvalue weighted by molar-refractivity contribution is 5.65. The van der Waals surface area contributed by atoms with E-state index in [1.54, 1.807) is 4.68 Å². The van der Waals surface area contributed by atoms with Gasteiger partial charge in [-0.25, -0.2) is 4.68 Å². The molecular formula is C30H35N3O3. The highest BCUT2D eigenvalue weighted by Crippen LogP contribution is 2.34. The first-order valence-corrected chi connectivity index (χ1v) is 12.4. The van der Waals surface area contributed by atoms with Crippen molar-refractivity contribution in [2.75, 3.05) is 13.2 Å². The average Bonchev–Trinajstić information content (AvgIpc) is 3.19. The quantitative estimate of drug-likeness (QED) is 0.289. The van der Waals surface area contributed by atoms with Gasteiger partial charge in [0, 0.05) is 31.7 Å². The van der Waals surface area contributed by atoms with Gasteiger partial charge in [-0.1, -0.05) is 66.2 Å². The van der Waals surface area contributed by atoms with E-state index in [0.29, 0.717) is 19.0 Å². The van der Waals surface area contributed by atoms with Crippen molar-refractivity contribution in [3.63, 3.8) is 0 Å². The van der Waals surface area contributed by atoms with Crippen LogP contribution in [-0.2, 0) is 13.6 Å². The molecule has 36 heavy (non-hydrogen) atoms. The first kappa shape index (κ1) is 25.5. The van der Waals surface area contributed by atoms with Crippen LogP contribution in [0.2, 0.25) is 0 Å². The standard InChI is InChI=1S/C30H35N3O3/c1-22(2)33(19-25(34)21-35-26-13-9-6-10-14-26)20-28-29(24-11-7-5-8-12-24)31-32(4)30(28)36-27-17-15-23(3)16-18-27/h5-18,22,25,34H,19-21H2,1-4H3/t25-/m0/s1. The van der Waals surface area contributed by atoms with Crippen LogP contribution in [0.1, 0.15) is 25.0 Å². The number of aromatic nitrogens is 2. The lowest BCUT2D eigenvalue weighted by Gasteiger charge is -2.29. The Labute approximate surface area is 213 Å². The van der Waals surface area contributed by atoms with Gasteiger partial charge in [-0.3, -0.25) is 4.90 Å². The molecule has 1 atom stereocenters. The fourth-order valence-corrected chi connectivity index (χ4v) is 4.06. The molecule has 6 heteroatoms. The average molecular weight is 486 g/mol. The normalized spacial score (nSPS) is 12.2. The van der Waals surface area contributed by atoms with E-state index in [2.05, 4.69) is 37.8 Å². The molecule has 0 aliphatic carbocycles. The highest BCUT2D eigenvalue weighted by atomic mass is 16.5. The number of hydrogen-bond acceptors (Lipinski definition) is 5. The number of hydrogen-bond donors (Lipinski definition) is 1. The Morgan fingerprint density at radius 3 is 2.17 bits per heavy atom. The molecule has 0 saturated carbocycles. The predicted octanol–water partition coefficient (Wildman–Crippen LogP) is 5.84. The van der Waals surface area contributed by atoms with Gasteiger partial charge < -0.3 is 14.6 Å². The number of benzene rings is 3. The van der Waals surface area contributed by atoms with Gasteiger partial charge in [-0.2, -0.15) is 5.10 Å². The van der Waals surface area contributed by atoms with Gasteiger partial charge in [0.1, 0.15) is 29.9 Å². The zero-order valence-electron chi connectivity index (χ0n) is 21.5. The lowest BCUT2D eigenvalue weighted by atomic mass is 10.1. The van der Waals surface area contributed by atoms with Gasteiger partial charge in [0.05, 0.1) is 5.56 Å². The minimum absolute atomic E-state index is 0.187. The Hall–Kier alpha value is -3.61. The number of aryl methyl sites for hydroxylation is 2. The summed E-state index contributed by atoms with van der Waals surface area (Å²) in [4.78, 5) is 2.23. The maximum atomic E-state index is 10.8. The molecule has 0 saturated heterocycles. The molecule has 4 aromatic rings. The Morgan fingerprint density at radius 2 is 1.53 bits per heavy atom. The number of aliphatic hydroxyl groups is 1. The van der Waals surface area contributed by atoms with Crippen molar-refractivity contribution >= 4 is 0 Å². The Bertz CT molecular complexity index is 1220. The topological polar surface area (TPSA) is 59.8 Å². The van der Waals surface area contributed by atoms with Gasteiger partial charge in [0.2, 0.25) is 5.88 Å². The van der Waals surface area contributed by atoms with Crippen molar-refractivity contribution in [1.82, 2.24) is 14.7 Å². The molecule has 0 amide bonds. The molecule has 0 unspecified atom stereocenters. The first-order valence-electron chi connectivity index (χ1n) is 12.4. The van der Waals surface area contributed by atoms with E-state index in [4.69, 9.17) is 14.6 Å². The van der Waals surface area contributed by atoms with E-state index >= 15 is 0 Å². The van der Waals surface area contributed by atoms with E-state index in [1.807, 2.05) is 79.8 Å². The summed E-state index contributed by atoms with van der Waals surface area (Å²) < 4.78 is 14.0. The number of para-hydroxylation sites is 1. The molecule has 1 aromatic heterocycles. The highest BCUT2D eigenvalue weighted by Gasteiger charge is 2.24. The molecule has 6 nitrogen and oxygen atoms in total. The van der Waals surface area contributed by atoms with Crippen LogP contribution in [0.4, 0.5) is 0 Å². The van der Waals surface area contributed by atoms with Crippen LogP contribution in [0.25, 0.3) is 11.3 Å². The molecule has 0 fully saturated rings. The molecule has 1 N–H and O–H groups in total. The summed E-state index contributed by atoms with van der Waals surface area (Å²) in [6, 6.07) is 27.9. The second kappa shape index (κ2) is 11.9. The summed E-state index contributed by atoms with van der Waals surface area (Å²) >= 11 is 0. The molecule has 4 rings (SSSR count). The van der Waals surface area contributed by atoms with E-state index in [1.165, 1.54) is 5.56 Å². The Morgan fingerprint density at radius 1 is 0.889 bits per heavy atom. The third-order valence-electron chi connectivity index (χ3n) is 6.09. The minimum atomic E-state index is -0.647. The molecule has 3 aromatic carbocycles. The van der Waals surface area contributed by atoms with Crippen LogP contribution in [0, 0.1) is 6.92 Å². The fraction of sp³-hybridized carbons (Fsp3) is 0.300. The monoisotopic (exact) mass is 485 g/mol. The third kappa shape index (κ3) is 6.53. The smallest absolute Gasteiger partial charge is 0.222 e. The zero-order chi connectivity index (χ0) is 25.5. The van der Waals surface area contributed by atoms with Gasteiger partial charge in [-0.15, -0.1) is 0 Å². The van der Waals surface area contributed by atoms with Gasteiger partial charge in [-0.05, 0) is 45.0 Å². The molecule has 1 heterocycles. The summed E-state index contributed by atoms with van der Waals surface area (Å²) in [7, 11) is 1.90. The molecule has 0 aliphatic rings. The number of ether oxygens (including phenoxy) is 2. The molecule has 0 aliphatic heterocycles. The van der Waals surface area contributed by atoms with Crippen molar-refractivity contribution in [1.29, 1.82) is 0 Å². The van der Waals surface area contributed by atoms with Gasteiger partial charge in [0.25, 0.3) is 0 Å². The lowest BCUT2D eigenvalue weighted by Crippen LogP contribution is -2.39. The van der Waals surface area contributed by atoms with E-state index in [9.17, 15) is 5.11 Å². The van der Waals surface area contributed by atoms with Crippen molar-refractivity contribution in [3.05, 3.63) is 96.1 Å². The van der Waals surface area contributed by atoms with Crippen molar-refractivity contribution in [3.8, 4) is 28.6 Å². The summed E-state index contributed by atoms with van der Waals surface area (Å²) in [6.07, 6.45) is -0.647. The van der Waals surface area contributed by atoms with Crippen LogP contribution in [0.3, 0.4) is 0 Å². The maximum Gasteiger partial charge on any atom is 0.222 e. The lowest BCUT2D eigenvalue weighted by molar-refractivity contribution is 0.0541. The van der Waals surface area contributed by atoms with Crippen molar-refractivity contribution in [2.45, 2.75) is 39.5 Å². The molecule has 0 spiro atoms. The Kier molecular flexibility index (Phi) is 8.41. The molecule has 188 valence electrons. The van der Waals surface area contributed by atoms with E-state index in [0.717, 1.165) is 28.3 Å². The van der Waals surface area contributed by atoms with E-state index < -0.39 is 6.10 Å². The molecular weight excluding hydrogens is 450 g/mol. The van der Waals surface area contributed by atoms with Crippen LogP contribution < -0.4 is 9.47 Å². The SMILES string of the molecule is Cc1ccc(Oc2c(CN(C[C@H](O)COc3ccccc3)C(C)C)c(-c3ccccc3)nn2C)cc1. The minimum Gasteiger partial charge on any atom is -0.491 e. The first-order chi connectivity index (χ1) is 17.4. The summed E-state index contributed by atoms with van der Waals surface area (Å²) in [5.74, 6) is 2.20. The maximum absolute atomic E-state index is 10.8. The Balaban J connectivity index is 1.59. The van der Waals surface area contributed by atoms with Crippen LogP contribution in [-0.4, -0.2) is 45.1 Å². The summed E-state index contributed by atoms with van der Waals surface area (Å²) in [6.45, 7) is 7.56. The van der Waals surface area contributed by atoms with Crippen molar-refractivity contribution in [2.24, 2.45) is 7.05 Å². The van der Waals surface area contributed by atoms with Crippen molar-refractivity contribution < 1.29 is 14.6 Å². The van der Waals surface area contributed by atoms with Gasteiger partial charge >= 0.3 is 0 Å². The largest absolute Gasteiger partial charge is 0.491 e. The second-order valence-corrected chi connectivity index (χ2v) is 9.34. The van der Waals surface area contributed by atoms with Crippen LogP contribution >= 0.6 is 0 Å². The van der Waals surface area contributed by atoms with Gasteiger partial charge in [0.15, 0.2) is 0 Å². The molecule has 0 bridgehead atoms. The second-order valence-electron chi connectivity index (χ2n) is 9.34. The zero-order valence-corrected chi connectivity index (χ0v) is 21.5. The summed E-state index contributed by atoms with van der Waals surface area (Å²) in [5.41, 5.74) is 4.06. The number of rotatable bonds is 11. The van der Waals surface area contributed by atoms with Crippen LogP contribution in [0.15, 0.2) is 84.9 Å². The fourth-order valence-electron chi connectivity index (χ4n) is 4.06.